The quantitative estimate of drug-likeness (QED) is 0.678. The number of carbonyl (C=O) groups is 1. The average molecular weight is 411 g/mol. The summed E-state index contributed by atoms with van der Waals surface area (Å²) in [5, 5.41) is 4.65. The molecule has 4 heterocycles. The van der Waals surface area contributed by atoms with Gasteiger partial charge in [-0.1, -0.05) is 30.3 Å². The molecule has 3 atom stereocenters. The Bertz CT molecular complexity index is 1190. The van der Waals surface area contributed by atoms with E-state index in [1.54, 1.807) is 21.8 Å². The number of hydrogen-bond acceptors (Lipinski definition) is 6. The fourth-order valence-electron chi connectivity index (χ4n) is 4.46. The Morgan fingerprint density at radius 2 is 1.93 bits per heavy atom. The topological polar surface area (TPSA) is 111 Å². The zero-order valence-electron chi connectivity index (χ0n) is 15.7. The third kappa shape index (κ3) is 3.01. The molecule has 1 amide bonds. The van der Waals surface area contributed by atoms with Gasteiger partial charge in [0.05, 0.1) is 22.9 Å². The minimum Gasteiger partial charge on any atom is -0.336 e. The molecule has 150 valence electrons. The molecule has 0 spiro atoms. The van der Waals surface area contributed by atoms with Gasteiger partial charge in [0.2, 0.25) is 0 Å². The predicted molar refractivity (Wildman–Crippen MR) is 108 cm³/mol. The number of hydrogen-bond donors (Lipinski definition) is 1. The number of aromatic nitrogens is 3. The normalized spacial score (nSPS) is 25.4. The van der Waals surface area contributed by atoms with Crippen molar-refractivity contribution in [2.45, 2.75) is 17.8 Å². The van der Waals surface area contributed by atoms with E-state index in [9.17, 15) is 13.2 Å². The zero-order chi connectivity index (χ0) is 20.2. The van der Waals surface area contributed by atoms with Gasteiger partial charge >= 0.3 is 0 Å². The molecule has 3 aromatic rings. The molecule has 0 bridgehead atoms. The fourth-order valence-corrected chi connectivity index (χ4v) is 6.71. The second-order valence-electron chi connectivity index (χ2n) is 7.77. The van der Waals surface area contributed by atoms with Gasteiger partial charge in [0.15, 0.2) is 21.2 Å². The van der Waals surface area contributed by atoms with Gasteiger partial charge in [-0.25, -0.2) is 18.1 Å². The zero-order valence-corrected chi connectivity index (χ0v) is 16.5. The predicted octanol–water partition coefficient (Wildman–Crippen LogP) is 0.676. The highest BCUT2D eigenvalue weighted by atomic mass is 32.2. The van der Waals surface area contributed by atoms with Crippen molar-refractivity contribution >= 4 is 26.8 Å². The standard InChI is InChI=1S/C20H21N5O3S/c21-16-12-29(27,28)17-11-24(10-15(16)17)20(26)18-14-7-4-8-22-19(14)25(23-18)9-13-5-2-1-3-6-13/h1-8,15-17H,9-12,21H2/t15-,16+,17-/m0/s1. The van der Waals surface area contributed by atoms with Crippen LogP contribution in [-0.4, -0.2) is 64.1 Å². The molecule has 0 unspecified atom stereocenters. The lowest BCUT2D eigenvalue weighted by Crippen LogP contribution is -2.36. The first-order valence-corrected chi connectivity index (χ1v) is 11.3. The number of rotatable bonds is 3. The third-order valence-electron chi connectivity index (χ3n) is 5.92. The van der Waals surface area contributed by atoms with Gasteiger partial charge in [-0.05, 0) is 17.7 Å². The second kappa shape index (κ2) is 6.64. The lowest BCUT2D eigenvalue weighted by Gasteiger charge is -2.17. The average Bonchev–Trinajstić information content (AvgIpc) is 3.36. The van der Waals surface area contributed by atoms with Gasteiger partial charge in [-0.2, -0.15) is 5.10 Å². The molecule has 9 heteroatoms. The first-order chi connectivity index (χ1) is 13.9. The van der Waals surface area contributed by atoms with Crippen LogP contribution in [-0.2, 0) is 16.4 Å². The summed E-state index contributed by atoms with van der Waals surface area (Å²) in [5.74, 6) is -0.477. The van der Waals surface area contributed by atoms with E-state index in [1.165, 1.54) is 0 Å². The van der Waals surface area contributed by atoms with E-state index in [4.69, 9.17) is 5.73 Å². The number of carbonyl (C=O) groups excluding carboxylic acids is 1. The molecular weight excluding hydrogens is 390 g/mol. The van der Waals surface area contributed by atoms with Crippen molar-refractivity contribution in [3.05, 3.63) is 59.9 Å². The van der Waals surface area contributed by atoms with Crippen molar-refractivity contribution in [3.8, 4) is 0 Å². The number of fused-ring (bicyclic) bond motifs is 2. The van der Waals surface area contributed by atoms with Crippen LogP contribution in [0.3, 0.4) is 0 Å². The van der Waals surface area contributed by atoms with Crippen LogP contribution in [0.2, 0.25) is 0 Å². The molecule has 2 aliphatic rings. The largest absolute Gasteiger partial charge is 0.336 e. The lowest BCUT2D eigenvalue weighted by molar-refractivity contribution is 0.0781. The molecule has 2 aliphatic heterocycles. The van der Waals surface area contributed by atoms with Crippen LogP contribution in [0.5, 0.6) is 0 Å². The third-order valence-corrected chi connectivity index (χ3v) is 8.19. The van der Waals surface area contributed by atoms with E-state index in [-0.39, 0.29) is 24.1 Å². The molecule has 5 rings (SSSR count). The second-order valence-corrected chi connectivity index (χ2v) is 10.0. The van der Waals surface area contributed by atoms with Crippen molar-refractivity contribution in [3.63, 3.8) is 0 Å². The molecule has 1 aromatic carbocycles. The Hall–Kier alpha value is -2.78. The first-order valence-electron chi connectivity index (χ1n) is 9.56. The Labute approximate surface area is 168 Å². The molecule has 0 saturated carbocycles. The molecule has 2 aromatic heterocycles. The van der Waals surface area contributed by atoms with Gasteiger partial charge in [-0.15, -0.1) is 0 Å². The fraction of sp³-hybridized carbons (Fsp3) is 0.350. The Kier molecular flexibility index (Phi) is 4.18. The van der Waals surface area contributed by atoms with Gasteiger partial charge in [0.25, 0.3) is 5.91 Å². The minimum atomic E-state index is -3.26. The number of benzene rings is 1. The molecule has 2 saturated heterocycles. The molecular formula is C20H21N5O3S. The summed E-state index contributed by atoms with van der Waals surface area (Å²) >= 11 is 0. The van der Waals surface area contributed by atoms with Crippen molar-refractivity contribution in [2.75, 3.05) is 18.8 Å². The van der Waals surface area contributed by atoms with E-state index >= 15 is 0 Å². The van der Waals surface area contributed by atoms with Crippen molar-refractivity contribution < 1.29 is 13.2 Å². The minimum absolute atomic E-state index is 0.00289. The summed E-state index contributed by atoms with van der Waals surface area (Å²) in [7, 11) is -3.26. The first kappa shape index (κ1) is 18.3. The highest BCUT2D eigenvalue weighted by molar-refractivity contribution is 7.92. The maximum absolute atomic E-state index is 13.3. The van der Waals surface area contributed by atoms with Crippen LogP contribution in [0.4, 0.5) is 0 Å². The van der Waals surface area contributed by atoms with E-state index in [0.29, 0.717) is 29.8 Å². The molecule has 29 heavy (non-hydrogen) atoms. The maximum Gasteiger partial charge on any atom is 0.275 e. The van der Waals surface area contributed by atoms with E-state index in [0.717, 1.165) is 5.56 Å². The highest BCUT2D eigenvalue weighted by Gasteiger charge is 2.52. The smallest absolute Gasteiger partial charge is 0.275 e. The van der Waals surface area contributed by atoms with E-state index < -0.39 is 21.1 Å². The van der Waals surface area contributed by atoms with Crippen LogP contribution in [0.15, 0.2) is 48.7 Å². The van der Waals surface area contributed by atoms with Gasteiger partial charge in [0.1, 0.15) is 0 Å². The summed E-state index contributed by atoms with van der Waals surface area (Å²) in [5.41, 5.74) is 8.01. The van der Waals surface area contributed by atoms with Gasteiger partial charge < -0.3 is 10.6 Å². The SMILES string of the molecule is N[C@@H]1CS(=O)(=O)[C@H]2CN(C(=O)c3nn(Cc4ccccc4)c4ncccc34)C[C@@H]12. The summed E-state index contributed by atoms with van der Waals surface area (Å²) in [6, 6.07) is 13.0. The van der Waals surface area contributed by atoms with Crippen LogP contribution < -0.4 is 5.73 Å². The molecule has 8 nitrogen and oxygen atoms in total. The lowest BCUT2D eigenvalue weighted by atomic mass is 10.0. The number of amides is 1. The Morgan fingerprint density at radius 1 is 1.14 bits per heavy atom. The summed E-state index contributed by atoms with van der Waals surface area (Å²) in [4.78, 5) is 19.3. The van der Waals surface area contributed by atoms with Crippen molar-refractivity contribution in [2.24, 2.45) is 11.7 Å². The maximum atomic E-state index is 13.3. The van der Waals surface area contributed by atoms with Crippen molar-refractivity contribution in [1.82, 2.24) is 19.7 Å². The Balaban J connectivity index is 1.49. The summed E-state index contributed by atoms with van der Waals surface area (Å²) in [6.07, 6.45) is 1.67. The van der Waals surface area contributed by atoms with E-state index in [1.807, 2.05) is 36.4 Å². The monoisotopic (exact) mass is 411 g/mol. The molecule has 2 N–H and O–H groups in total. The molecule has 2 fully saturated rings. The number of likely N-dealkylation sites (tertiary alicyclic amines) is 1. The van der Waals surface area contributed by atoms with Crippen LogP contribution in [0.25, 0.3) is 11.0 Å². The number of pyridine rings is 1. The van der Waals surface area contributed by atoms with Crippen molar-refractivity contribution in [1.29, 1.82) is 0 Å². The van der Waals surface area contributed by atoms with Crippen LogP contribution in [0.1, 0.15) is 16.1 Å². The van der Waals surface area contributed by atoms with Crippen LogP contribution in [0, 0.1) is 5.92 Å². The van der Waals surface area contributed by atoms with Gasteiger partial charge in [0, 0.05) is 31.2 Å². The number of sulfone groups is 1. The molecule has 0 radical (unpaired) electrons. The Morgan fingerprint density at radius 3 is 2.69 bits per heavy atom. The number of nitrogens with zero attached hydrogens (tertiary/aromatic N) is 4. The summed E-state index contributed by atoms with van der Waals surface area (Å²) in [6.45, 7) is 1.01. The van der Waals surface area contributed by atoms with Crippen LogP contribution >= 0.6 is 0 Å². The number of nitrogens with two attached hydrogens (primary N) is 1. The van der Waals surface area contributed by atoms with E-state index in [2.05, 4.69) is 10.1 Å². The highest BCUT2D eigenvalue weighted by Crippen LogP contribution is 2.34. The van der Waals surface area contributed by atoms with Gasteiger partial charge in [-0.3, -0.25) is 4.79 Å². The summed E-state index contributed by atoms with van der Waals surface area (Å²) < 4.78 is 26.4. The molecule has 0 aliphatic carbocycles.